The van der Waals surface area contributed by atoms with Gasteiger partial charge in [-0.2, -0.15) is 0 Å². The molecule has 5 heteroatoms. The van der Waals surface area contributed by atoms with Crippen molar-refractivity contribution in [1.82, 2.24) is 10.2 Å². The van der Waals surface area contributed by atoms with Gasteiger partial charge in [-0.15, -0.1) is 11.3 Å². The summed E-state index contributed by atoms with van der Waals surface area (Å²) in [7, 11) is 0. The van der Waals surface area contributed by atoms with Gasteiger partial charge < -0.3 is 15.3 Å². The zero-order chi connectivity index (χ0) is 16.8. The third-order valence-corrected chi connectivity index (χ3v) is 5.39. The molecule has 2 aromatic rings. The first-order valence-corrected chi connectivity index (χ1v) is 9.34. The van der Waals surface area contributed by atoms with Crippen LogP contribution in [0.5, 0.6) is 0 Å². The van der Waals surface area contributed by atoms with Crippen molar-refractivity contribution in [3.63, 3.8) is 0 Å². The van der Waals surface area contributed by atoms with Crippen LogP contribution in [0.4, 0.5) is 0 Å². The van der Waals surface area contributed by atoms with E-state index < -0.39 is 5.60 Å². The fraction of sp³-hybridized carbons (Fsp3) is 0.421. The van der Waals surface area contributed by atoms with Crippen LogP contribution in [0.2, 0.25) is 0 Å². The van der Waals surface area contributed by atoms with E-state index >= 15 is 0 Å². The molecule has 0 aliphatic carbocycles. The van der Waals surface area contributed by atoms with Gasteiger partial charge in [-0.3, -0.25) is 4.79 Å². The lowest BCUT2D eigenvalue weighted by atomic mass is 9.91. The number of thiophene rings is 1. The van der Waals surface area contributed by atoms with Gasteiger partial charge in [0.1, 0.15) is 0 Å². The first-order valence-electron chi connectivity index (χ1n) is 8.46. The van der Waals surface area contributed by atoms with Crippen molar-refractivity contribution in [3.8, 4) is 0 Å². The van der Waals surface area contributed by atoms with Crippen LogP contribution in [0.15, 0.2) is 47.8 Å². The number of hydrogen-bond donors (Lipinski definition) is 2. The largest absolute Gasteiger partial charge is 0.379 e. The van der Waals surface area contributed by atoms with Gasteiger partial charge in [-0.05, 0) is 36.3 Å². The predicted octanol–water partition coefficient (Wildman–Crippen LogP) is 2.43. The highest BCUT2D eigenvalue weighted by molar-refractivity contribution is 7.09. The summed E-state index contributed by atoms with van der Waals surface area (Å²) in [5.41, 5.74) is -0.0538. The van der Waals surface area contributed by atoms with E-state index in [0.29, 0.717) is 26.1 Å². The highest BCUT2D eigenvalue weighted by Gasteiger charge is 2.41. The second kappa shape index (κ2) is 7.92. The molecule has 1 aromatic heterocycles. The third kappa shape index (κ3) is 4.23. The highest BCUT2D eigenvalue weighted by Crippen LogP contribution is 2.23. The topological polar surface area (TPSA) is 52.6 Å². The minimum absolute atomic E-state index is 0.136. The smallest absolute Gasteiger partial charge is 0.255 e. The fourth-order valence-electron chi connectivity index (χ4n) is 3.16. The second-order valence-corrected chi connectivity index (χ2v) is 7.38. The van der Waals surface area contributed by atoms with E-state index in [0.717, 1.165) is 19.4 Å². The number of nitrogens with zero attached hydrogens (tertiary/aromatic N) is 1. The molecule has 0 unspecified atom stereocenters. The molecule has 1 amide bonds. The van der Waals surface area contributed by atoms with Gasteiger partial charge in [0.15, 0.2) is 5.60 Å². The third-order valence-electron chi connectivity index (χ3n) is 4.51. The standard InChI is InChI=1S/C19H24N2O2S/c22-18-19(23,15-20-14-17-8-4-13-24-17)10-5-11-21(18)12-9-16-6-2-1-3-7-16/h1-4,6-8,13,20,23H,5,9-12,14-15H2/t19-/m1/s1. The first-order chi connectivity index (χ1) is 11.7. The molecule has 1 aromatic carbocycles. The minimum atomic E-state index is -1.27. The summed E-state index contributed by atoms with van der Waals surface area (Å²) in [6, 6.07) is 14.2. The van der Waals surface area contributed by atoms with Crippen LogP contribution < -0.4 is 5.32 Å². The molecule has 0 bridgehead atoms. The van der Waals surface area contributed by atoms with Gasteiger partial charge in [-0.1, -0.05) is 36.4 Å². The lowest BCUT2D eigenvalue weighted by Gasteiger charge is -2.38. The molecule has 4 nitrogen and oxygen atoms in total. The normalized spacial score (nSPS) is 21.2. The Morgan fingerprint density at radius 1 is 1.21 bits per heavy atom. The molecule has 1 aliphatic rings. The van der Waals surface area contributed by atoms with E-state index in [-0.39, 0.29) is 5.91 Å². The highest BCUT2D eigenvalue weighted by atomic mass is 32.1. The molecule has 2 heterocycles. The number of benzene rings is 1. The van der Waals surface area contributed by atoms with E-state index in [1.165, 1.54) is 10.4 Å². The predicted molar refractivity (Wildman–Crippen MR) is 96.9 cm³/mol. The summed E-state index contributed by atoms with van der Waals surface area (Å²) in [5.74, 6) is -0.136. The van der Waals surface area contributed by atoms with E-state index in [1.54, 1.807) is 11.3 Å². The average Bonchev–Trinajstić information content (AvgIpc) is 3.11. The van der Waals surface area contributed by atoms with Crippen LogP contribution in [-0.4, -0.2) is 41.1 Å². The Labute approximate surface area is 147 Å². The second-order valence-electron chi connectivity index (χ2n) is 6.35. The Kier molecular flexibility index (Phi) is 5.66. The molecule has 1 saturated heterocycles. The molecular weight excluding hydrogens is 320 g/mol. The van der Waals surface area contributed by atoms with Crippen LogP contribution in [0.3, 0.4) is 0 Å². The maximum Gasteiger partial charge on any atom is 0.255 e. The molecule has 1 fully saturated rings. The van der Waals surface area contributed by atoms with Crippen LogP contribution in [0.1, 0.15) is 23.3 Å². The van der Waals surface area contributed by atoms with Gasteiger partial charge in [-0.25, -0.2) is 0 Å². The molecule has 0 spiro atoms. The molecule has 128 valence electrons. The van der Waals surface area contributed by atoms with E-state index in [9.17, 15) is 9.90 Å². The minimum Gasteiger partial charge on any atom is -0.379 e. The van der Waals surface area contributed by atoms with Crippen LogP contribution >= 0.6 is 11.3 Å². The van der Waals surface area contributed by atoms with Crippen LogP contribution in [0.25, 0.3) is 0 Å². The first kappa shape index (κ1) is 17.1. The zero-order valence-electron chi connectivity index (χ0n) is 13.8. The number of piperidine rings is 1. The van der Waals surface area contributed by atoms with Crippen LogP contribution in [-0.2, 0) is 17.8 Å². The summed E-state index contributed by atoms with van der Waals surface area (Å²) < 4.78 is 0. The summed E-state index contributed by atoms with van der Waals surface area (Å²) in [6.45, 7) is 2.40. The fourth-order valence-corrected chi connectivity index (χ4v) is 3.83. The number of likely N-dealkylation sites (tertiary alicyclic amines) is 1. The molecular formula is C19H24N2O2S. The van der Waals surface area contributed by atoms with Gasteiger partial charge in [0.05, 0.1) is 0 Å². The summed E-state index contributed by atoms with van der Waals surface area (Å²) in [6.07, 6.45) is 2.20. The number of carbonyl (C=O) groups is 1. The summed E-state index contributed by atoms with van der Waals surface area (Å²) in [4.78, 5) is 15.7. The number of amides is 1. The lowest BCUT2D eigenvalue weighted by molar-refractivity contribution is -0.156. The Morgan fingerprint density at radius 3 is 2.79 bits per heavy atom. The Bertz CT molecular complexity index is 645. The van der Waals surface area contributed by atoms with Crippen molar-refractivity contribution in [2.75, 3.05) is 19.6 Å². The Morgan fingerprint density at radius 2 is 2.04 bits per heavy atom. The van der Waals surface area contributed by atoms with Gasteiger partial charge in [0.25, 0.3) is 5.91 Å². The molecule has 24 heavy (non-hydrogen) atoms. The zero-order valence-corrected chi connectivity index (χ0v) is 14.6. The summed E-state index contributed by atoms with van der Waals surface area (Å²) in [5, 5.41) is 16.1. The molecule has 2 N–H and O–H groups in total. The van der Waals surface area contributed by atoms with E-state index in [1.807, 2.05) is 34.5 Å². The van der Waals surface area contributed by atoms with Crippen molar-refractivity contribution >= 4 is 17.2 Å². The van der Waals surface area contributed by atoms with E-state index in [2.05, 4.69) is 23.5 Å². The van der Waals surface area contributed by atoms with Crippen molar-refractivity contribution in [2.45, 2.75) is 31.4 Å². The molecule has 0 saturated carbocycles. The van der Waals surface area contributed by atoms with Gasteiger partial charge >= 0.3 is 0 Å². The number of rotatable bonds is 7. The van der Waals surface area contributed by atoms with Crippen molar-refractivity contribution < 1.29 is 9.90 Å². The Hall–Kier alpha value is -1.69. The van der Waals surface area contributed by atoms with Crippen molar-refractivity contribution in [1.29, 1.82) is 0 Å². The quantitative estimate of drug-likeness (QED) is 0.811. The number of hydrogen-bond acceptors (Lipinski definition) is 4. The molecule has 1 aliphatic heterocycles. The Balaban J connectivity index is 1.53. The number of aliphatic hydroxyl groups is 1. The van der Waals surface area contributed by atoms with Gasteiger partial charge in [0.2, 0.25) is 0 Å². The van der Waals surface area contributed by atoms with Crippen LogP contribution in [0, 0.1) is 0 Å². The van der Waals surface area contributed by atoms with Crippen molar-refractivity contribution in [3.05, 3.63) is 58.3 Å². The number of nitrogens with one attached hydrogen (secondary N) is 1. The number of carbonyl (C=O) groups excluding carboxylic acids is 1. The molecule has 1 atom stereocenters. The maximum atomic E-state index is 12.7. The SMILES string of the molecule is O=C1N(CCc2ccccc2)CCC[C@@]1(O)CNCc1cccs1. The monoisotopic (exact) mass is 344 g/mol. The molecule has 3 rings (SSSR count). The molecule has 0 radical (unpaired) electrons. The van der Waals surface area contributed by atoms with Gasteiger partial charge in [0, 0.05) is 31.1 Å². The summed E-state index contributed by atoms with van der Waals surface area (Å²) >= 11 is 1.68. The van der Waals surface area contributed by atoms with E-state index in [4.69, 9.17) is 0 Å². The average molecular weight is 344 g/mol. The maximum absolute atomic E-state index is 12.7. The van der Waals surface area contributed by atoms with Crippen molar-refractivity contribution in [2.24, 2.45) is 0 Å². The lowest BCUT2D eigenvalue weighted by Crippen LogP contribution is -2.58.